The highest BCUT2D eigenvalue weighted by atomic mass is 16.3. The number of aliphatic hydroxyl groups is 1. The summed E-state index contributed by atoms with van der Waals surface area (Å²) in [4.78, 5) is 14.2. The maximum Gasteiger partial charge on any atom is 0.272 e. The SMILES string of the molecule is CCc1cc(C(=O)N2CCC(C)C2CO)n(C)n1. The Labute approximate surface area is 107 Å². The fourth-order valence-corrected chi connectivity index (χ4v) is 2.59. The van der Waals surface area contributed by atoms with Crippen LogP contribution in [0, 0.1) is 5.92 Å². The summed E-state index contributed by atoms with van der Waals surface area (Å²) < 4.78 is 1.64. The number of nitrogens with zero attached hydrogens (tertiary/aromatic N) is 3. The van der Waals surface area contributed by atoms with Gasteiger partial charge in [0.15, 0.2) is 0 Å². The van der Waals surface area contributed by atoms with Crippen molar-refractivity contribution >= 4 is 5.91 Å². The molecule has 5 heteroatoms. The molecule has 0 saturated carbocycles. The summed E-state index contributed by atoms with van der Waals surface area (Å²) in [6, 6.07) is 1.79. The lowest BCUT2D eigenvalue weighted by Crippen LogP contribution is -2.40. The van der Waals surface area contributed by atoms with Gasteiger partial charge >= 0.3 is 0 Å². The third kappa shape index (κ3) is 2.14. The van der Waals surface area contributed by atoms with E-state index in [4.69, 9.17) is 0 Å². The zero-order valence-electron chi connectivity index (χ0n) is 11.3. The van der Waals surface area contributed by atoms with Crippen LogP contribution in [0.4, 0.5) is 0 Å². The zero-order chi connectivity index (χ0) is 13.3. The molecule has 0 aliphatic carbocycles. The normalized spacial score (nSPS) is 23.7. The molecule has 18 heavy (non-hydrogen) atoms. The first-order valence-electron chi connectivity index (χ1n) is 6.53. The lowest BCUT2D eigenvalue weighted by atomic mass is 10.0. The van der Waals surface area contributed by atoms with Crippen molar-refractivity contribution < 1.29 is 9.90 Å². The van der Waals surface area contributed by atoms with Gasteiger partial charge in [0, 0.05) is 13.6 Å². The maximum absolute atomic E-state index is 12.5. The standard InChI is InChI=1S/C13H21N3O2/c1-4-10-7-11(15(3)14-10)13(18)16-6-5-9(2)12(16)8-17/h7,9,12,17H,4-6,8H2,1-3H3. The molecule has 0 aromatic carbocycles. The lowest BCUT2D eigenvalue weighted by molar-refractivity contribution is 0.0637. The molecule has 2 rings (SSSR count). The van der Waals surface area contributed by atoms with E-state index in [-0.39, 0.29) is 18.6 Å². The molecule has 1 aromatic heterocycles. The highest BCUT2D eigenvalue weighted by molar-refractivity contribution is 5.93. The van der Waals surface area contributed by atoms with Gasteiger partial charge < -0.3 is 10.0 Å². The van der Waals surface area contributed by atoms with Crippen molar-refractivity contribution in [3.8, 4) is 0 Å². The van der Waals surface area contributed by atoms with Crippen LogP contribution >= 0.6 is 0 Å². The van der Waals surface area contributed by atoms with Crippen LogP contribution < -0.4 is 0 Å². The van der Waals surface area contributed by atoms with E-state index < -0.39 is 0 Å². The second-order valence-corrected chi connectivity index (χ2v) is 5.01. The Kier molecular flexibility index (Phi) is 3.71. The minimum absolute atomic E-state index is 0.0203. The summed E-state index contributed by atoms with van der Waals surface area (Å²) in [5.74, 6) is 0.339. The highest BCUT2D eigenvalue weighted by Gasteiger charge is 2.35. The number of rotatable bonds is 3. The first kappa shape index (κ1) is 13.1. The van der Waals surface area contributed by atoms with Crippen LogP contribution in [0.5, 0.6) is 0 Å². The second-order valence-electron chi connectivity index (χ2n) is 5.01. The van der Waals surface area contributed by atoms with Gasteiger partial charge in [0.2, 0.25) is 0 Å². The molecule has 2 unspecified atom stereocenters. The Bertz CT molecular complexity index is 441. The quantitative estimate of drug-likeness (QED) is 0.865. The third-order valence-corrected chi connectivity index (χ3v) is 3.84. The molecular formula is C13H21N3O2. The second kappa shape index (κ2) is 5.10. The van der Waals surface area contributed by atoms with Gasteiger partial charge in [-0.15, -0.1) is 0 Å². The van der Waals surface area contributed by atoms with E-state index in [9.17, 15) is 9.90 Å². The number of carbonyl (C=O) groups excluding carboxylic acids is 1. The average Bonchev–Trinajstić information content (AvgIpc) is 2.91. The van der Waals surface area contributed by atoms with Crippen LogP contribution in [0.2, 0.25) is 0 Å². The van der Waals surface area contributed by atoms with Gasteiger partial charge in [0.05, 0.1) is 18.3 Å². The summed E-state index contributed by atoms with van der Waals surface area (Å²) in [6.07, 6.45) is 1.77. The topological polar surface area (TPSA) is 58.4 Å². The largest absolute Gasteiger partial charge is 0.394 e. The number of carbonyl (C=O) groups is 1. The van der Waals surface area contributed by atoms with Crippen molar-refractivity contribution in [1.29, 1.82) is 0 Å². The predicted molar refractivity (Wildman–Crippen MR) is 68.3 cm³/mol. The third-order valence-electron chi connectivity index (χ3n) is 3.84. The number of amides is 1. The van der Waals surface area contributed by atoms with Crippen molar-refractivity contribution in [3.63, 3.8) is 0 Å². The van der Waals surface area contributed by atoms with Gasteiger partial charge in [-0.2, -0.15) is 5.10 Å². The minimum atomic E-state index is -0.0579. The summed E-state index contributed by atoms with van der Waals surface area (Å²) in [5.41, 5.74) is 1.54. The molecule has 1 fully saturated rings. The molecule has 1 amide bonds. The molecule has 2 heterocycles. The van der Waals surface area contributed by atoms with E-state index in [2.05, 4.69) is 12.0 Å². The van der Waals surface area contributed by atoms with Crippen LogP contribution in [0.25, 0.3) is 0 Å². The molecule has 1 saturated heterocycles. The molecule has 1 aliphatic rings. The summed E-state index contributed by atoms with van der Waals surface area (Å²) in [5, 5.41) is 13.7. The molecular weight excluding hydrogens is 230 g/mol. The molecule has 0 bridgehead atoms. The minimum Gasteiger partial charge on any atom is -0.394 e. The molecule has 1 aliphatic heterocycles. The van der Waals surface area contributed by atoms with Crippen LogP contribution in [0.1, 0.15) is 36.5 Å². The van der Waals surface area contributed by atoms with E-state index in [1.165, 1.54) is 0 Å². The predicted octanol–water partition coefficient (Wildman–Crippen LogP) is 0.825. The van der Waals surface area contributed by atoms with Gasteiger partial charge in [0.1, 0.15) is 5.69 Å². The summed E-state index contributed by atoms with van der Waals surface area (Å²) in [7, 11) is 1.79. The molecule has 1 N–H and O–H groups in total. The smallest absolute Gasteiger partial charge is 0.272 e. The maximum atomic E-state index is 12.5. The number of hydrogen-bond acceptors (Lipinski definition) is 3. The van der Waals surface area contributed by atoms with Crippen molar-refractivity contribution in [3.05, 3.63) is 17.5 Å². The Hall–Kier alpha value is -1.36. The number of aliphatic hydroxyl groups excluding tert-OH is 1. The number of aryl methyl sites for hydroxylation is 2. The zero-order valence-corrected chi connectivity index (χ0v) is 11.3. The number of hydrogen-bond donors (Lipinski definition) is 1. The van der Waals surface area contributed by atoms with Crippen molar-refractivity contribution in [2.24, 2.45) is 13.0 Å². The van der Waals surface area contributed by atoms with E-state index in [1.54, 1.807) is 16.6 Å². The van der Waals surface area contributed by atoms with Crippen LogP contribution in [-0.4, -0.2) is 44.9 Å². The Morgan fingerprint density at radius 1 is 1.61 bits per heavy atom. The van der Waals surface area contributed by atoms with Crippen molar-refractivity contribution in [2.75, 3.05) is 13.2 Å². The van der Waals surface area contributed by atoms with Crippen LogP contribution in [0.3, 0.4) is 0 Å². The molecule has 1 aromatic rings. The highest BCUT2D eigenvalue weighted by Crippen LogP contribution is 2.25. The Morgan fingerprint density at radius 2 is 2.33 bits per heavy atom. The molecule has 5 nitrogen and oxygen atoms in total. The van der Waals surface area contributed by atoms with Crippen molar-refractivity contribution in [2.45, 2.75) is 32.7 Å². The fraction of sp³-hybridized carbons (Fsp3) is 0.692. The van der Waals surface area contributed by atoms with Gasteiger partial charge in [-0.1, -0.05) is 13.8 Å². The molecule has 0 radical (unpaired) electrons. The lowest BCUT2D eigenvalue weighted by Gasteiger charge is -2.25. The summed E-state index contributed by atoms with van der Waals surface area (Å²) in [6.45, 7) is 4.85. The van der Waals surface area contributed by atoms with Gasteiger partial charge in [-0.3, -0.25) is 9.48 Å². The van der Waals surface area contributed by atoms with Gasteiger partial charge in [0.25, 0.3) is 5.91 Å². The number of likely N-dealkylation sites (tertiary alicyclic amines) is 1. The first-order valence-corrected chi connectivity index (χ1v) is 6.53. The van der Waals surface area contributed by atoms with E-state index in [0.29, 0.717) is 11.6 Å². The molecule has 2 atom stereocenters. The van der Waals surface area contributed by atoms with Crippen LogP contribution in [-0.2, 0) is 13.5 Å². The van der Waals surface area contributed by atoms with E-state index >= 15 is 0 Å². The summed E-state index contributed by atoms with van der Waals surface area (Å²) >= 11 is 0. The number of aromatic nitrogens is 2. The fourth-order valence-electron chi connectivity index (χ4n) is 2.59. The van der Waals surface area contributed by atoms with Gasteiger partial charge in [-0.25, -0.2) is 0 Å². The Morgan fingerprint density at radius 3 is 2.89 bits per heavy atom. The monoisotopic (exact) mass is 251 g/mol. The van der Waals surface area contributed by atoms with Gasteiger partial charge in [-0.05, 0) is 24.8 Å². The first-order chi connectivity index (χ1) is 8.58. The molecule has 0 spiro atoms. The van der Waals surface area contributed by atoms with E-state index in [1.807, 2.05) is 13.0 Å². The van der Waals surface area contributed by atoms with E-state index in [0.717, 1.165) is 25.1 Å². The average molecular weight is 251 g/mol. The van der Waals surface area contributed by atoms with Crippen LogP contribution in [0.15, 0.2) is 6.07 Å². The van der Waals surface area contributed by atoms with Crippen molar-refractivity contribution in [1.82, 2.24) is 14.7 Å². The Balaban J connectivity index is 2.23. The molecule has 100 valence electrons.